The SMILES string of the molecule is COc1cccc(/C=N/Nc2nnc(SCC(=O)Nc3cc(Cl)ccc3C)n2N)c1. The Bertz CT molecular complexity index is 1070. The average Bonchev–Trinajstić information content (AvgIpc) is 3.09. The molecule has 0 aliphatic heterocycles. The fourth-order valence-electron chi connectivity index (χ4n) is 2.38. The third-order valence-electron chi connectivity index (χ3n) is 3.94. The van der Waals surface area contributed by atoms with Crippen LogP contribution in [0.25, 0.3) is 0 Å². The van der Waals surface area contributed by atoms with E-state index in [0.29, 0.717) is 15.9 Å². The molecule has 2 aromatic carbocycles. The highest BCUT2D eigenvalue weighted by atomic mass is 35.5. The number of rotatable bonds is 8. The molecule has 0 saturated carbocycles. The summed E-state index contributed by atoms with van der Waals surface area (Å²) in [6.07, 6.45) is 1.60. The third-order valence-corrected chi connectivity index (χ3v) is 5.12. The molecular formula is C19H20ClN7O2S. The topological polar surface area (TPSA) is 119 Å². The van der Waals surface area contributed by atoms with E-state index in [0.717, 1.165) is 28.6 Å². The van der Waals surface area contributed by atoms with Gasteiger partial charge < -0.3 is 15.9 Å². The fraction of sp³-hybridized carbons (Fsp3) is 0.158. The molecule has 0 radical (unpaired) electrons. The highest BCUT2D eigenvalue weighted by molar-refractivity contribution is 7.99. The molecule has 0 aliphatic carbocycles. The number of halogens is 1. The first-order valence-corrected chi connectivity index (χ1v) is 10.1. The molecule has 3 rings (SSSR count). The number of methoxy groups -OCH3 is 1. The van der Waals surface area contributed by atoms with Crippen LogP contribution in [-0.4, -0.2) is 39.9 Å². The van der Waals surface area contributed by atoms with Crippen molar-refractivity contribution in [1.82, 2.24) is 14.9 Å². The molecule has 156 valence electrons. The van der Waals surface area contributed by atoms with Gasteiger partial charge in [0.2, 0.25) is 11.1 Å². The van der Waals surface area contributed by atoms with Crippen molar-refractivity contribution in [3.63, 3.8) is 0 Å². The second-order valence-electron chi connectivity index (χ2n) is 6.12. The van der Waals surface area contributed by atoms with Gasteiger partial charge in [-0.1, -0.05) is 41.6 Å². The summed E-state index contributed by atoms with van der Waals surface area (Å²) in [4.78, 5) is 12.2. The van der Waals surface area contributed by atoms with Gasteiger partial charge in [0.15, 0.2) is 0 Å². The maximum absolute atomic E-state index is 12.2. The van der Waals surface area contributed by atoms with Crippen LogP contribution in [0.1, 0.15) is 11.1 Å². The Hall–Kier alpha value is -3.24. The van der Waals surface area contributed by atoms with Crippen LogP contribution in [-0.2, 0) is 4.79 Å². The predicted molar refractivity (Wildman–Crippen MR) is 120 cm³/mol. The quantitative estimate of drug-likeness (QED) is 0.211. The fourth-order valence-corrected chi connectivity index (χ4v) is 3.21. The summed E-state index contributed by atoms with van der Waals surface area (Å²) >= 11 is 7.12. The Labute approximate surface area is 182 Å². The summed E-state index contributed by atoms with van der Waals surface area (Å²) in [5, 5.41) is 15.7. The van der Waals surface area contributed by atoms with E-state index in [1.54, 1.807) is 25.5 Å². The van der Waals surface area contributed by atoms with Crippen LogP contribution in [0.15, 0.2) is 52.7 Å². The first kappa shape index (κ1) is 21.5. The van der Waals surface area contributed by atoms with Crippen LogP contribution in [0.4, 0.5) is 11.6 Å². The van der Waals surface area contributed by atoms with Crippen molar-refractivity contribution in [2.24, 2.45) is 5.10 Å². The van der Waals surface area contributed by atoms with Crippen LogP contribution in [0.5, 0.6) is 5.75 Å². The molecule has 0 aliphatic rings. The van der Waals surface area contributed by atoms with Gasteiger partial charge in [0.05, 0.1) is 19.1 Å². The Morgan fingerprint density at radius 2 is 2.17 bits per heavy atom. The Kier molecular flexibility index (Phi) is 7.15. The van der Waals surface area contributed by atoms with Crippen molar-refractivity contribution in [3.8, 4) is 5.75 Å². The predicted octanol–water partition coefficient (Wildman–Crippen LogP) is 3.14. The molecule has 0 atom stereocenters. The number of hydrogen-bond donors (Lipinski definition) is 3. The van der Waals surface area contributed by atoms with E-state index in [9.17, 15) is 4.79 Å². The number of hydrazone groups is 1. The molecule has 9 nitrogen and oxygen atoms in total. The van der Waals surface area contributed by atoms with Crippen molar-refractivity contribution in [2.75, 3.05) is 29.4 Å². The van der Waals surface area contributed by atoms with Gasteiger partial charge in [-0.3, -0.25) is 4.79 Å². The first-order chi connectivity index (χ1) is 14.5. The molecule has 0 fully saturated rings. The minimum atomic E-state index is -0.209. The molecular weight excluding hydrogens is 426 g/mol. The normalized spacial score (nSPS) is 10.9. The number of nitrogens with one attached hydrogen (secondary N) is 2. The van der Waals surface area contributed by atoms with Gasteiger partial charge in [-0.05, 0) is 42.3 Å². The lowest BCUT2D eigenvalue weighted by molar-refractivity contribution is -0.113. The third kappa shape index (κ3) is 5.65. The van der Waals surface area contributed by atoms with Gasteiger partial charge >= 0.3 is 0 Å². The Balaban J connectivity index is 1.55. The van der Waals surface area contributed by atoms with Crippen molar-refractivity contribution in [3.05, 3.63) is 58.6 Å². The molecule has 0 unspecified atom stereocenters. The molecule has 0 saturated heterocycles. The van der Waals surface area contributed by atoms with Crippen molar-refractivity contribution in [2.45, 2.75) is 12.1 Å². The number of amides is 1. The van der Waals surface area contributed by atoms with Gasteiger partial charge in [0.1, 0.15) is 5.75 Å². The van der Waals surface area contributed by atoms with E-state index < -0.39 is 0 Å². The molecule has 30 heavy (non-hydrogen) atoms. The lowest BCUT2D eigenvalue weighted by Crippen LogP contribution is -2.17. The van der Waals surface area contributed by atoms with Gasteiger partial charge in [-0.15, -0.1) is 10.2 Å². The van der Waals surface area contributed by atoms with E-state index in [-0.39, 0.29) is 17.6 Å². The number of ether oxygens (including phenoxy) is 1. The maximum atomic E-state index is 12.2. The number of anilines is 2. The van der Waals surface area contributed by atoms with Crippen LogP contribution >= 0.6 is 23.4 Å². The van der Waals surface area contributed by atoms with E-state index in [1.807, 2.05) is 37.3 Å². The van der Waals surface area contributed by atoms with Gasteiger partial charge in [0, 0.05) is 10.7 Å². The standard InChI is InChI=1S/C19H20ClN7O2S/c1-12-6-7-14(20)9-16(12)23-17(28)11-30-19-26-25-18(27(19)21)24-22-10-13-4-3-5-15(8-13)29-2/h3-10H,11,21H2,1-2H3,(H,23,28)(H,24,25)/b22-10+. The van der Waals surface area contributed by atoms with Crippen molar-refractivity contribution < 1.29 is 9.53 Å². The molecule has 1 heterocycles. The van der Waals surface area contributed by atoms with E-state index >= 15 is 0 Å². The largest absolute Gasteiger partial charge is 0.497 e. The van der Waals surface area contributed by atoms with Crippen molar-refractivity contribution in [1.29, 1.82) is 0 Å². The second-order valence-corrected chi connectivity index (χ2v) is 7.50. The monoisotopic (exact) mass is 445 g/mol. The highest BCUT2D eigenvalue weighted by Gasteiger charge is 2.12. The van der Waals surface area contributed by atoms with Crippen molar-refractivity contribution >= 4 is 47.1 Å². The summed E-state index contributed by atoms with van der Waals surface area (Å²) in [5.41, 5.74) is 5.15. The lowest BCUT2D eigenvalue weighted by Gasteiger charge is -2.08. The zero-order chi connectivity index (χ0) is 21.5. The average molecular weight is 446 g/mol. The molecule has 3 aromatic rings. The van der Waals surface area contributed by atoms with Crippen LogP contribution in [0, 0.1) is 6.92 Å². The summed E-state index contributed by atoms with van der Waals surface area (Å²) in [7, 11) is 1.60. The maximum Gasteiger partial charge on any atom is 0.264 e. The summed E-state index contributed by atoms with van der Waals surface area (Å²) < 4.78 is 6.40. The van der Waals surface area contributed by atoms with Crippen LogP contribution in [0.2, 0.25) is 5.02 Å². The molecule has 1 aromatic heterocycles. The minimum Gasteiger partial charge on any atom is -0.497 e. The van der Waals surface area contributed by atoms with Crippen LogP contribution < -0.4 is 21.3 Å². The molecule has 1 amide bonds. The highest BCUT2D eigenvalue weighted by Crippen LogP contribution is 2.21. The summed E-state index contributed by atoms with van der Waals surface area (Å²) in [5.74, 6) is 6.84. The molecule has 11 heteroatoms. The summed E-state index contributed by atoms with van der Waals surface area (Å²) in [6, 6.07) is 12.7. The Morgan fingerprint density at radius 3 is 2.97 bits per heavy atom. The lowest BCUT2D eigenvalue weighted by atomic mass is 10.2. The van der Waals surface area contributed by atoms with Gasteiger partial charge in [-0.2, -0.15) is 5.10 Å². The number of carbonyl (C=O) groups excluding carboxylic acids is 1. The van der Waals surface area contributed by atoms with E-state index in [4.69, 9.17) is 22.2 Å². The number of thioether (sulfide) groups is 1. The number of aromatic nitrogens is 3. The van der Waals surface area contributed by atoms with E-state index in [1.165, 1.54) is 4.68 Å². The number of aryl methyl sites for hydroxylation is 1. The van der Waals surface area contributed by atoms with E-state index in [2.05, 4.69) is 26.0 Å². The number of hydrogen-bond acceptors (Lipinski definition) is 8. The summed E-state index contributed by atoms with van der Waals surface area (Å²) in [6.45, 7) is 1.89. The zero-order valence-electron chi connectivity index (χ0n) is 16.3. The Morgan fingerprint density at radius 1 is 1.33 bits per heavy atom. The molecule has 4 N–H and O–H groups in total. The van der Waals surface area contributed by atoms with Gasteiger partial charge in [0.25, 0.3) is 5.95 Å². The number of nitrogen functional groups attached to an aromatic ring is 1. The molecule has 0 spiro atoms. The number of benzene rings is 2. The van der Waals surface area contributed by atoms with Gasteiger partial charge in [-0.25, -0.2) is 10.1 Å². The number of nitrogens with zero attached hydrogens (tertiary/aromatic N) is 4. The number of nitrogens with two attached hydrogens (primary N) is 1. The first-order valence-electron chi connectivity index (χ1n) is 8.78. The number of carbonyl (C=O) groups is 1. The van der Waals surface area contributed by atoms with Crippen LogP contribution in [0.3, 0.4) is 0 Å². The smallest absolute Gasteiger partial charge is 0.264 e. The second kappa shape index (κ2) is 9.99. The minimum absolute atomic E-state index is 0.106. The zero-order valence-corrected chi connectivity index (χ0v) is 17.9. The molecule has 0 bridgehead atoms.